The smallest absolute Gasteiger partial charge is 0.326 e. The van der Waals surface area contributed by atoms with Crippen LogP contribution in [0.5, 0.6) is 0 Å². The summed E-state index contributed by atoms with van der Waals surface area (Å²) in [6.45, 7) is 59.2. The molecule has 0 bridgehead atoms. The van der Waals surface area contributed by atoms with Crippen LogP contribution in [0.15, 0.2) is 72.8 Å². The number of nitrogens with one attached hydrogen (secondary N) is 2. The number of aliphatic carboxylic acids is 2. The van der Waals surface area contributed by atoms with E-state index in [0.29, 0.717) is 67.1 Å². The maximum Gasteiger partial charge on any atom is 0.326 e. The number of carbonyl (C=O) groups is 4. The molecule has 2 fully saturated rings. The minimum absolute atomic E-state index is 0. The van der Waals surface area contributed by atoms with Crippen molar-refractivity contribution >= 4 is 237 Å². The number of carboxylic acids is 2. The van der Waals surface area contributed by atoms with E-state index in [9.17, 15) is 44.4 Å². The molecule has 710 valence electrons. The lowest BCUT2D eigenvalue weighted by Gasteiger charge is -2.43. The quantitative estimate of drug-likeness (QED) is 0.00568. The predicted molar refractivity (Wildman–Crippen MR) is 565 cm³/mol. The van der Waals surface area contributed by atoms with Crippen LogP contribution in [0.1, 0.15) is 269 Å². The molecule has 19 nitrogen and oxygen atoms in total. The van der Waals surface area contributed by atoms with Gasteiger partial charge in [-0.3, -0.25) is 23.2 Å². The fraction of sp³-hybridized carbons (Fsp3) is 0.706. The largest absolute Gasteiger partial charge is 0.727 e. The number of hydrogen-bond acceptors (Lipinski definition) is 27. The van der Waals surface area contributed by atoms with Crippen LogP contribution in [-0.4, -0.2) is 183 Å². The molecular weight excluding hydrogens is 1890 g/mol. The van der Waals surface area contributed by atoms with E-state index in [2.05, 4.69) is 174 Å². The molecule has 122 heavy (non-hydrogen) atoms. The molecule has 3 aromatic rings. The molecule has 0 saturated carbocycles. The van der Waals surface area contributed by atoms with E-state index in [1.165, 1.54) is 64.4 Å². The van der Waals surface area contributed by atoms with E-state index in [0.717, 1.165) is 57.2 Å². The van der Waals surface area contributed by atoms with E-state index in [4.69, 9.17) is 109 Å². The van der Waals surface area contributed by atoms with Crippen LogP contribution in [-0.2, 0) is 124 Å². The van der Waals surface area contributed by atoms with E-state index in [1.54, 1.807) is 27.7 Å². The number of ether oxygens (including phenoxy) is 3. The van der Waals surface area contributed by atoms with Crippen molar-refractivity contribution in [3.8, 4) is 0 Å². The van der Waals surface area contributed by atoms with Crippen molar-refractivity contribution < 1.29 is 73.0 Å². The van der Waals surface area contributed by atoms with E-state index < -0.39 is 71.6 Å². The summed E-state index contributed by atoms with van der Waals surface area (Å²) in [5.74, 6) is -0.331. The van der Waals surface area contributed by atoms with E-state index >= 15 is 0 Å². The molecule has 0 aliphatic carbocycles. The standard InChI is InChI=1S/C17H20P2S4.C15H24NPS2.C9H17NO3.C9H17NO2S.C8H18O3S2.C8H14O2S.C7H16O2S2.C6H12OS.C5H12O3S2.CH4/c1-13-5-9-15(10-6-13)18(20)22-19(21,23-18)16-11-7-14(8-12-16)17(2,3)4;1-15(2,3)13-7-9-14(10-8-13)17(18,19)16-11-5-4-6-12-16;1-4-7(9(12)13)10-8(11)5-6(2)3;1-6(2)10-8(9(11)12)5-4-7(3)13;1-8(2,3)11-6-5-7-12-13(4,9)10;1-6(11)5-10-7(9)8(2,3)4;1-7(2,3)5-6-10-11(4,8)9;1-5(2)7-4-6(3)8;1-5(2)8-10(6,7)4-3-9;/h5-12H,1-4H3;7-10H,4-6,11-12H2,1-3H3,(H,18,19);6-7H,4-5H2,1-3H3,(H,10,11)(H,12,13);6,8,10H,4-5H2,1-3H3,(H,11,12);5-7H2,1-4H3;5H2,1-4H3;5-6H2,1-4H3;5H,4H2,1-3H3;5,9H,3-4H2,1-2H3;1H4/p-1. The average molecular weight is 2050 g/mol. The van der Waals surface area contributed by atoms with Crippen LogP contribution in [0.2, 0.25) is 0 Å². The van der Waals surface area contributed by atoms with Crippen LogP contribution in [0.25, 0.3) is 0 Å². The van der Waals surface area contributed by atoms with Gasteiger partial charge in [-0.05, 0) is 207 Å². The summed E-state index contributed by atoms with van der Waals surface area (Å²) in [7, 11) is -7.01. The lowest BCUT2D eigenvalue weighted by molar-refractivity contribution is -0.151. The normalized spacial score (nSPS) is 16.5. The van der Waals surface area contributed by atoms with Gasteiger partial charge in [-0.15, -0.1) is 11.8 Å². The zero-order valence-electron chi connectivity index (χ0n) is 77.7. The van der Waals surface area contributed by atoms with Crippen molar-refractivity contribution in [3.63, 3.8) is 0 Å². The molecular formula is C85H153N3O16P3S15-. The molecule has 0 aromatic heterocycles. The zero-order valence-corrected chi connectivity index (χ0v) is 92.7. The van der Waals surface area contributed by atoms with Gasteiger partial charge in [-0.2, -0.15) is 21.0 Å². The van der Waals surface area contributed by atoms with Gasteiger partial charge in [0.15, 0.2) is 17.7 Å². The number of esters is 1. The van der Waals surface area contributed by atoms with E-state index in [-0.39, 0.29) is 71.6 Å². The highest BCUT2D eigenvalue weighted by Gasteiger charge is 2.46. The fourth-order valence-corrected chi connectivity index (χ4v) is 60.5. The number of piperidine rings is 1. The number of nitrogens with zero attached hydrogens (tertiary/aromatic N) is 1. The minimum atomic E-state index is -3.31. The van der Waals surface area contributed by atoms with Gasteiger partial charge in [0.25, 0.3) is 10.1 Å². The lowest BCUT2D eigenvalue weighted by atomic mass is 9.87. The van der Waals surface area contributed by atoms with Gasteiger partial charge in [0.1, 0.15) is 18.7 Å². The van der Waals surface area contributed by atoms with Crippen LogP contribution in [0.4, 0.5) is 0 Å². The molecule has 37 heteroatoms. The molecule has 2 heterocycles. The number of thiocarbonyl (C=S) groups is 3. The van der Waals surface area contributed by atoms with Crippen molar-refractivity contribution in [3.05, 3.63) is 89.5 Å². The molecule has 2 aliphatic heterocycles. The Balaban J connectivity index is -0.000000429. The summed E-state index contributed by atoms with van der Waals surface area (Å²) >= 11 is 45.7. The number of benzene rings is 3. The Morgan fingerprint density at radius 2 is 1.07 bits per heavy atom. The second-order valence-electron chi connectivity index (χ2n) is 35.4. The Bertz CT molecular complexity index is 4060. The Labute approximate surface area is 798 Å². The monoisotopic (exact) mass is 2040 g/mol. The second-order valence-corrected chi connectivity index (χ2v) is 76.1. The Hall–Kier alpha value is -0.490. The number of carboxylic acid groups (broad SMARTS) is 2. The number of hydrogen-bond donors (Lipinski definition) is 5. The Kier molecular flexibility index (Phi) is 67.0. The topological polar surface area (TPSA) is 275 Å². The van der Waals surface area contributed by atoms with Crippen molar-refractivity contribution in [2.24, 2.45) is 16.7 Å². The second kappa shape index (κ2) is 62.8. The first-order valence-electron chi connectivity index (χ1n) is 40.3. The molecule has 4 N–H and O–H groups in total. The van der Waals surface area contributed by atoms with Gasteiger partial charge in [0.2, 0.25) is 5.91 Å². The summed E-state index contributed by atoms with van der Waals surface area (Å²) in [4.78, 5) is 46.0. The van der Waals surface area contributed by atoms with Gasteiger partial charge < -0.3 is 47.3 Å². The first-order valence-corrected chi connectivity index (χ1v) is 64.0. The SMILES string of the molecule is C.CC(=S)CCC(NC(C)C)C(=O)O.CC(=S)COC(=O)C(C)(C)C.CC(=S)COC(C)C.CC(C)(C)CCSS(C)(=O)=O.CC(C)(C)OCCCSS(C)(=O)=O.CC(C)(C)c1ccc(P(=S)([S-])N2CCCCC2)cc1.CC(C)OS(=O)(=O)CCS.CCC(NC(=O)CC(C)C)C(=O)O.Cc1ccc(P2(=S)SP(=S)(c3ccc(C(C)(C)C)cc3)S2)cc1. The third-order valence-corrected chi connectivity index (χ3v) is 59.0. The molecule has 2 aliphatic rings. The molecule has 0 radical (unpaired) electrons. The molecule has 3 aromatic carbocycles. The summed E-state index contributed by atoms with van der Waals surface area (Å²) < 4.78 is 83.6. The van der Waals surface area contributed by atoms with Gasteiger partial charge in [0.05, 0.1) is 44.5 Å². The highest BCUT2D eigenvalue weighted by atomic mass is 33.7. The highest BCUT2D eigenvalue weighted by Crippen LogP contribution is 3.04. The molecule has 0 spiro atoms. The van der Waals surface area contributed by atoms with Crippen molar-refractivity contribution in [1.82, 2.24) is 15.3 Å². The van der Waals surface area contributed by atoms with Crippen LogP contribution in [0.3, 0.4) is 0 Å². The van der Waals surface area contributed by atoms with Gasteiger partial charge in [-0.1, -0.05) is 277 Å². The average Bonchev–Trinajstić information content (AvgIpc) is 0.728. The van der Waals surface area contributed by atoms with Gasteiger partial charge in [0, 0.05) is 82.3 Å². The summed E-state index contributed by atoms with van der Waals surface area (Å²) in [5.41, 5.74) is 4.04. The van der Waals surface area contributed by atoms with Gasteiger partial charge in [-0.25, -0.2) is 21.6 Å². The van der Waals surface area contributed by atoms with Gasteiger partial charge >= 0.3 is 17.9 Å². The van der Waals surface area contributed by atoms with Crippen LogP contribution >= 0.6 is 107 Å². The Morgan fingerprint density at radius 3 is 1.40 bits per heavy atom. The third-order valence-electron chi connectivity index (χ3n) is 15.4. The van der Waals surface area contributed by atoms with Crippen molar-refractivity contribution in [2.45, 2.75) is 306 Å². The summed E-state index contributed by atoms with van der Waals surface area (Å²) in [6, 6.07) is 25.3. The van der Waals surface area contributed by atoms with Crippen molar-refractivity contribution in [2.75, 3.05) is 68.4 Å². The minimum Gasteiger partial charge on any atom is -0.727 e. The maximum absolute atomic E-state index is 11.2. The molecule has 3 atom stereocenters. The number of aryl methyl sites for hydroxylation is 1. The predicted octanol–water partition coefficient (Wildman–Crippen LogP) is 22.0. The number of thiol groups is 1. The first-order chi connectivity index (χ1) is 54.7. The summed E-state index contributed by atoms with van der Waals surface area (Å²) in [6.07, 6.45) is 10.1. The van der Waals surface area contributed by atoms with Crippen molar-refractivity contribution in [1.29, 1.82) is 0 Å². The molecule has 1 amide bonds. The number of carbonyl (C=O) groups excluding carboxylic acids is 2. The van der Waals surface area contributed by atoms with Crippen LogP contribution in [0, 0.1) is 23.7 Å². The van der Waals surface area contributed by atoms with Crippen LogP contribution < -0.4 is 26.5 Å². The zero-order chi connectivity index (χ0) is 95.3. The molecule has 5 rings (SSSR count). The first kappa shape index (κ1) is 130. The third kappa shape index (κ3) is 69.4. The maximum atomic E-state index is 11.2. The number of rotatable bonds is 32. The highest BCUT2D eigenvalue weighted by molar-refractivity contribution is 9.48. The molecule has 3 unspecified atom stereocenters. The Morgan fingerprint density at radius 1 is 0.648 bits per heavy atom. The fourth-order valence-electron chi connectivity index (χ4n) is 9.06. The molecule has 2 saturated heterocycles. The summed E-state index contributed by atoms with van der Waals surface area (Å²) in [5, 5.41) is 24.8. The number of amides is 1. The lowest BCUT2D eigenvalue weighted by Crippen LogP contribution is -2.40. The van der Waals surface area contributed by atoms with E-state index in [1.807, 2.05) is 119 Å².